The maximum absolute atomic E-state index is 2.48. The normalized spacial score (nSPS) is 11.3. The Bertz CT molecular complexity index is 2980. The highest BCUT2D eigenvalue weighted by Crippen LogP contribution is 2.48. The molecule has 0 atom stereocenters. The Kier molecular flexibility index (Phi) is 8.24. The second-order valence-electron chi connectivity index (χ2n) is 14.1. The van der Waals surface area contributed by atoms with Gasteiger partial charge in [0, 0.05) is 16.8 Å². The molecule has 10 aromatic rings. The fourth-order valence-corrected chi connectivity index (χ4v) is 8.16. The molecule has 10 rings (SSSR count). The summed E-state index contributed by atoms with van der Waals surface area (Å²) in [6, 6.07) is 81.7. The Labute approximate surface area is 322 Å². The van der Waals surface area contributed by atoms with Crippen molar-refractivity contribution in [2.24, 2.45) is 0 Å². The van der Waals surface area contributed by atoms with Gasteiger partial charge in [-0.3, -0.25) is 0 Å². The first-order chi connectivity index (χ1) is 27.3. The van der Waals surface area contributed by atoms with Gasteiger partial charge in [-0.15, -0.1) is 0 Å². The largest absolute Gasteiger partial charge is 0.309 e. The summed E-state index contributed by atoms with van der Waals surface area (Å²) in [5.41, 5.74) is 12.7. The molecule has 1 heteroatoms. The average Bonchev–Trinajstić information content (AvgIpc) is 3.27. The number of nitrogens with zero attached hydrogens (tertiary/aromatic N) is 1. The predicted octanol–water partition coefficient (Wildman–Crippen LogP) is 15.3. The molecule has 55 heavy (non-hydrogen) atoms. The Morgan fingerprint density at radius 3 is 1.64 bits per heavy atom. The summed E-state index contributed by atoms with van der Waals surface area (Å²) in [5, 5.41) is 7.46. The van der Waals surface area contributed by atoms with Gasteiger partial charge in [-0.1, -0.05) is 188 Å². The molecule has 0 aromatic heterocycles. The van der Waals surface area contributed by atoms with E-state index in [4.69, 9.17) is 0 Å². The van der Waals surface area contributed by atoms with Gasteiger partial charge in [-0.05, 0) is 102 Å². The number of benzene rings is 10. The number of hydrogen-bond donors (Lipinski definition) is 0. The lowest BCUT2D eigenvalue weighted by Gasteiger charge is -2.31. The van der Waals surface area contributed by atoms with E-state index in [-0.39, 0.29) is 0 Å². The molecule has 0 bridgehead atoms. The SMILES string of the molecule is c1ccc(-c2ccc(-c3ccccc3)c(N(c3cccc(-c4ccc5ccccc5c4)c3)c3ccccc3-c3cc4ccccc4c4ccccc34)c2)cc1. The summed E-state index contributed by atoms with van der Waals surface area (Å²) in [6.07, 6.45) is 0. The lowest BCUT2D eigenvalue weighted by Crippen LogP contribution is -2.13. The van der Waals surface area contributed by atoms with Crippen molar-refractivity contribution in [1.29, 1.82) is 0 Å². The maximum Gasteiger partial charge on any atom is 0.0546 e. The first-order valence-electron chi connectivity index (χ1n) is 18.9. The lowest BCUT2D eigenvalue weighted by atomic mass is 9.91. The number of para-hydroxylation sites is 1. The van der Waals surface area contributed by atoms with Crippen LogP contribution < -0.4 is 4.90 Å². The van der Waals surface area contributed by atoms with Crippen LogP contribution in [0.4, 0.5) is 17.1 Å². The van der Waals surface area contributed by atoms with Crippen molar-refractivity contribution in [2.75, 3.05) is 4.90 Å². The molecule has 1 nitrogen and oxygen atoms in total. The van der Waals surface area contributed by atoms with Crippen LogP contribution in [-0.4, -0.2) is 0 Å². The van der Waals surface area contributed by atoms with Crippen LogP contribution >= 0.6 is 0 Å². The summed E-state index contributed by atoms with van der Waals surface area (Å²) < 4.78 is 0. The highest BCUT2D eigenvalue weighted by atomic mass is 15.1. The molecule has 0 aliphatic heterocycles. The maximum atomic E-state index is 2.48. The highest BCUT2D eigenvalue weighted by molar-refractivity contribution is 6.15. The quantitative estimate of drug-likeness (QED) is 0.150. The van der Waals surface area contributed by atoms with Crippen molar-refractivity contribution in [3.8, 4) is 44.5 Å². The van der Waals surface area contributed by atoms with Crippen LogP contribution in [0.1, 0.15) is 0 Å². The third kappa shape index (κ3) is 6.02. The van der Waals surface area contributed by atoms with Crippen LogP contribution in [0.15, 0.2) is 224 Å². The first kappa shape index (κ1) is 32.4. The van der Waals surface area contributed by atoms with Gasteiger partial charge in [0.15, 0.2) is 0 Å². The van der Waals surface area contributed by atoms with E-state index in [9.17, 15) is 0 Å². The molecule has 10 aromatic carbocycles. The summed E-state index contributed by atoms with van der Waals surface area (Å²) >= 11 is 0. The molecule has 0 radical (unpaired) electrons. The van der Waals surface area contributed by atoms with E-state index in [0.29, 0.717) is 0 Å². The van der Waals surface area contributed by atoms with Crippen LogP contribution in [0, 0.1) is 0 Å². The average molecular weight is 700 g/mol. The van der Waals surface area contributed by atoms with Gasteiger partial charge in [0.2, 0.25) is 0 Å². The summed E-state index contributed by atoms with van der Waals surface area (Å²) in [5.74, 6) is 0. The van der Waals surface area contributed by atoms with E-state index in [1.165, 1.54) is 71.3 Å². The number of anilines is 3. The summed E-state index contributed by atoms with van der Waals surface area (Å²) in [7, 11) is 0. The van der Waals surface area contributed by atoms with Gasteiger partial charge in [-0.2, -0.15) is 0 Å². The molecule has 0 heterocycles. The minimum Gasteiger partial charge on any atom is -0.309 e. The number of rotatable bonds is 7. The molecular weight excluding hydrogens is 663 g/mol. The van der Waals surface area contributed by atoms with Crippen molar-refractivity contribution in [2.45, 2.75) is 0 Å². The van der Waals surface area contributed by atoms with Crippen molar-refractivity contribution in [3.63, 3.8) is 0 Å². The van der Waals surface area contributed by atoms with Crippen LogP contribution in [0.5, 0.6) is 0 Å². The van der Waals surface area contributed by atoms with Crippen LogP contribution in [-0.2, 0) is 0 Å². The Morgan fingerprint density at radius 1 is 0.236 bits per heavy atom. The molecule has 0 amide bonds. The third-order valence-electron chi connectivity index (χ3n) is 10.8. The number of hydrogen-bond acceptors (Lipinski definition) is 1. The van der Waals surface area contributed by atoms with Crippen LogP contribution in [0.2, 0.25) is 0 Å². The van der Waals surface area contributed by atoms with Gasteiger partial charge in [0.25, 0.3) is 0 Å². The molecule has 0 aliphatic rings. The van der Waals surface area contributed by atoms with Gasteiger partial charge < -0.3 is 4.90 Å². The van der Waals surface area contributed by atoms with Gasteiger partial charge in [-0.25, -0.2) is 0 Å². The molecular formula is C54H37N. The van der Waals surface area contributed by atoms with Gasteiger partial charge in [0.1, 0.15) is 0 Å². The van der Waals surface area contributed by atoms with E-state index >= 15 is 0 Å². The fourth-order valence-electron chi connectivity index (χ4n) is 8.16. The topological polar surface area (TPSA) is 3.24 Å². The fraction of sp³-hybridized carbons (Fsp3) is 0. The summed E-state index contributed by atoms with van der Waals surface area (Å²) in [4.78, 5) is 2.48. The molecule has 0 N–H and O–H groups in total. The molecule has 0 aliphatic carbocycles. The Hall–Kier alpha value is -7.22. The molecule has 0 fully saturated rings. The molecule has 0 spiro atoms. The first-order valence-corrected chi connectivity index (χ1v) is 18.9. The zero-order chi connectivity index (χ0) is 36.6. The minimum absolute atomic E-state index is 1.09. The molecule has 258 valence electrons. The summed E-state index contributed by atoms with van der Waals surface area (Å²) in [6.45, 7) is 0. The minimum atomic E-state index is 1.09. The molecule has 0 saturated carbocycles. The zero-order valence-electron chi connectivity index (χ0n) is 30.3. The van der Waals surface area contributed by atoms with Gasteiger partial charge >= 0.3 is 0 Å². The predicted molar refractivity (Wildman–Crippen MR) is 235 cm³/mol. The third-order valence-corrected chi connectivity index (χ3v) is 10.8. The van der Waals surface area contributed by atoms with Crippen molar-refractivity contribution < 1.29 is 0 Å². The lowest BCUT2D eigenvalue weighted by molar-refractivity contribution is 1.28. The van der Waals surface area contributed by atoms with Crippen molar-refractivity contribution in [1.82, 2.24) is 0 Å². The highest BCUT2D eigenvalue weighted by Gasteiger charge is 2.23. The standard InChI is InChI=1S/C54H37N/c1-3-16-38(17-4-1)44-32-33-48(40-19-5-2-6-20-40)54(37-44)55(46-24-15-23-42(35-46)43-31-30-39-18-7-8-21-41(39)34-43)53-29-14-13-28-51(53)52-36-45-22-9-10-25-47(45)49-26-11-12-27-50(49)52/h1-37H. The molecule has 0 saturated heterocycles. The van der Waals surface area contributed by atoms with Crippen molar-refractivity contribution >= 4 is 49.4 Å². The smallest absolute Gasteiger partial charge is 0.0546 e. The molecule has 0 unspecified atom stereocenters. The zero-order valence-corrected chi connectivity index (χ0v) is 30.3. The van der Waals surface area contributed by atoms with E-state index < -0.39 is 0 Å². The number of fused-ring (bicyclic) bond motifs is 4. The second kappa shape index (κ2) is 14.0. The van der Waals surface area contributed by atoms with Gasteiger partial charge in [0.05, 0.1) is 11.4 Å². The Morgan fingerprint density at radius 2 is 0.818 bits per heavy atom. The van der Waals surface area contributed by atoms with Crippen LogP contribution in [0.3, 0.4) is 0 Å². The van der Waals surface area contributed by atoms with Crippen molar-refractivity contribution in [3.05, 3.63) is 224 Å². The monoisotopic (exact) mass is 699 g/mol. The second-order valence-corrected chi connectivity index (χ2v) is 14.1. The van der Waals surface area contributed by atoms with E-state index in [0.717, 1.165) is 22.6 Å². The van der Waals surface area contributed by atoms with Crippen LogP contribution in [0.25, 0.3) is 76.8 Å². The Balaban J connectivity index is 1.27. The van der Waals surface area contributed by atoms with E-state index in [1.807, 2.05) is 0 Å². The van der Waals surface area contributed by atoms with E-state index in [1.54, 1.807) is 0 Å². The van der Waals surface area contributed by atoms with E-state index in [2.05, 4.69) is 229 Å².